The summed E-state index contributed by atoms with van der Waals surface area (Å²) in [5.74, 6) is -0.242. The summed E-state index contributed by atoms with van der Waals surface area (Å²) in [4.78, 5) is 17.5. The molecule has 4 aromatic rings. The number of likely N-dealkylation sites (N-methyl/N-ethyl adjacent to an activating group) is 1. The first-order chi connectivity index (χ1) is 20.0. The van der Waals surface area contributed by atoms with Gasteiger partial charge in [0.25, 0.3) is 0 Å². The maximum Gasteiger partial charge on any atom is 0.173 e. The van der Waals surface area contributed by atoms with Crippen molar-refractivity contribution < 1.29 is 4.79 Å². The Morgan fingerprint density at radius 2 is 1.39 bits per heavy atom. The molecule has 0 radical (unpaired) electrons. The van der Waals surface area contributed by atoms with Crippen LogP contribution in [0, 0.1) is 5.92 Å². The van der Waals surface area contributed by atoms with Crippen LogP contribution in [0.15, 0.2) is 121 Å². The number of rotatable bonds is 4. The summed E-state index contributed by atoms with van der Waals surface area (Å²) < 4.78 is 0. The molecular weight excluding hydrogens is 522 g/mol. The van der Waals surface area contributed by atoms with Gasteiger partial charge in [0, 0.05) is 28.7 Å². The molecule has 4 aromatic carbocycles. The standard InChI is InChI=1S/C38H34ClNO/c1-40-34-18-10-9-17-33(34)37(23-11-4-12-24-37)38(40)26-30(27-13-5-2-6-14-27)25-32(28-19-21-31(39)22-20-28)35(38)36(41)29-15-7-3-8-16-29/h2-3,5-10,13-22,25-26,35H,4,11-12,23-24H2,1H3/t35-,38-/m0/s1. The van der Waals surface area contributed by atoms with Gasteiger partial charge in [0.2, 0.25) is 0 Å². The third-order valence-corrected chi connectivity index (χ3v) is 10.1. The number of benzene rings is 4. The molecule has 7 rings (SSSR count). The Morgan fingerprint density at radius 1 is 0.756 bits per heavy atom. The molecule has 0 saturated heterocycles. The van der Waals surface area contributed by atoms with Gasteiger partial charge in [0.1, 0.15) is 0 Å². The molecule has 0 bridgehead atoms. The minimum absolute atomic E-state index is 0.166. The predicted molar refractivity (Wildman–Crippen MR) is 170 cm³/mol. The molecule has 3 aliphatic rings. The van der Waals surface area contributed by atoms with Crippen molar-refractivity contribution in [1.29, 1.82) is 0 Å². The lowest BCUT2D eigenvalue weighted by Crippen LogP contribution is -2.63. The van der Waals surface area contributed by atoms with Crippen molar-refractivity contribution in [3.63, 3.8) is 0 Å². The Balaban J connectivity index is 1.57. The number of carbonyl (C=O) groups is 1. The van der Waals surface area contributed by atoms with Gasteiger partial charge in [-0.05, 0) is 71.0 Å². The Labute approximate surface area is 248 Å². The van der Waals surface area contributed by atoms with E-state index < -0.39 is 11.5 Å². The van der Waals surface area contributed by atoms with Gasteiger partial charge in [-0.15, -0.1) is 0 Å². The molecule has 0 aromatic heterocycles. The Morgan fingerprint density at radius 3 is 2.10 bits per heavy atom. The number of allylic oxidation sites excluding steroid dienone is 2. The number of hydrogen-bond acceptors (Lipinski definition) is 2. The van der Waals surface area contributed by atoms with Crippen molar-refractivity contribution in [3.8, 4) is 0 Å². The fraction of sp³-hybridized carbons (Fsp3) is 0.237. The van der Waals surface area contributed by atoms with E-state index in [4.69, 9.17) is 11.6 Å². The van der Waals surface area contributed by atoms with E-state index in [9.17, 15) is 0 Å². The van der Waals surface area contributed by atoms with Gasteiger partial charge in [-0.2, -0.15) is 0 Å². The van der Waals surface area contributed by atoms with E-state index in [2.05, 4.69) is 90.8 Å². The van der Waals surface area contributed by atoms with Crippen LogP contribution in [-0.2, 0) is 5.41 Å². The first-order valence-corrected chi connectivity index (χ1v) is 15.1. The summed E-state index contributed by atoms with van der Waals surface area (Å²) >= 11 is 6.39. The maximum absolute atomic E-state index is 15.1. The van der Waals surface area contributed by atoms with E-state index in [0.29, 0.717) is 5.02 Å². The van der Waals surface area contributed by atoms with Crippen LogP contribution in [0.3, 0.4) is 0 Å². The average molecular weight is 556 g/mol. The molecule has 3 heteroatoms. The van der Waals surface area contributed by atoms with Crippen LogP contribution in [0.5, 0.6) is 0 Å². The quantitative estimate of drug-likeness (QED) is 0.234. The van der Waals surface area contributed by atoms with Gasteiger partial charge in [-0.3, -0.25) is 4.79 Å². The van der Waals surface area contributed by atoms with E-state index in [0.717, 1.165) is 48.0 Å². The van der Waals surface area contributed by atoms with Gasteiger partial charge in [-0.25, -0.2) is 0 Å². The molecule has 0 amide bonds. The largest absolute Gasteiger partial charge is 0.363 e. The highest BCUT2D eigenvalue weighted by atomic mass is 35.5. The minimum atomic E-state index is -0.584. The highest BCUT2D eigenvalue weighted by molar-refractivity contribution is 6.30. The van der Waals surface area contributed by atoms with E-state index in [1.807, 2.05) is 42.5 Å². The highest BCUT2D eigenvalue weighted by Crippen LogP contribution is 2.64. The van der Waals surface area contributed by atoms with E-state index in [-0.39, 0.29) is 11.2 Å². The number of anilines is 1. The van der Waals surface area contributed by atoms with Crippen LogP contribution in [0.1, 0.15) is 59.2 Å². The van der Waals surface area contributed by atoms with Crippen LogP contribution >= 0.6 is 11.6 Å². The zero-order chi connectivity index (χ0) is 28.0. The average Bonchev–Trinajstić information content (AvgIpc) is 3.22. The molecule has 1 aliphatic heterocycles. The lowest BCUT2D eigenvalue weighted by molar-refractivity contribution is 0.0841. The molecule has 41 heavy (non-hydrogen) atoms. The Hall–Kier alpha value is -3.88. The molecule has 1 heterocycles. The van der Waals surface area contributed by atoms with Gasteiger partial charge < -0.3 is 4.90 Å². The second kappa shape index (κ2) is 10.2. The highest BCUT2D eigenvalue weighted by Gasteiger charge is 2.65. The fourth-order valence-electron chi connectivity index (χ4n) is 8.09. The number of carbonyl (C=O) groups excluding carboxylic acids is 1. The van der Waals surface area contributed by atoms with E-state index in [1.54, 1.807) is 0 Å². The molecule has 0 unspecified atom stereocenters. The molecule has 1 saturated carbocycles. The number of ketones is 1. The molecule has 1 fully saturated rings. The third kappa shape index (κ3) is 3.95. The maximum atomic E-state index is 15.1. The van der Waals surface area contributed by atoms with Crippen molar-refractivity contribution in [3.05, 3.63) is 149 Å². The monoisotopic (exact) mass is 555 g/mol. The number of halogens is 1. The summed E-state index contributed by atoms with van der Waals surface area (Å²) in [7, 11) is 2.22. The van der Waals surface area contributed by atoms with Gasteiger partial charge in [0.15, 0.2) is 5.78 Å². The second-order valence-corrected chi connectivity index (χ2v) is 12.2. The smallest absolute Gasteiger partial charge is 0.173 e. The molecule has 2 aliphatic carbocycles. The number of fused-ring (bicyclic) bond motifs is 3. The van der Waals surface area contributed by atoms with Gasteiger partial charge in [-0.1, -0.05) is 122 Å². The summed E-state index contributed by atoms with van der Waals surface area (Å²) in [5.41, 5.74) is 7.02. The van der Waals surface area contributed by atoms with Crippen LogP contribution in [0.2, 0.25) is 5.02 Å². The van der Waals surface area contributed by atoms with E-state index >= 15 is 4.79 Å². The summed E-state index contributed by atoms with van der Waals surface area (Å²) in [6, 6.07) is 37.5. The van der Waals surface area contributed by atoms with Crippen molar-refractivity contribution in [2.24, 2.45) is 5.92 Å². The van der Waals surface area contributed by atoms with Crippen LogP contribution in [0.4, 0.5) is 5.69 Å². The van der Waals surface area contributed by atoms with Crippen molar-refractivity contribution in [1.82, 2.24) is 0 Å². The van der Waals surface area contributed by atoms with Crippen LogP contribution < -0.4 is 4.90 Å². The predicted octanol–water partition coefficient (Wildman–Crippen LogP) is 9.41. The molecular formula is C38H34ClNO. The zero-order valence-corrected chi connectivity index (χ0v) is 24.1. The van der Waals surface area contributed by atoms with Gasteiger partial charge >= 0.3 is 0 Å². The first kappa shape index (κ1) is 26.0. The topological polar surface area (TPSA) is 20.3 Å². The number of nitrogens with zero attached hydrogens (tertiary/aromatic N) is 1. The normalized spacial score (nSPS) is 22.8. The number of Topliss-reactive ketones (excluding diaryl/α,β-unsaturated/α-hetero) is 1. The zero-order valence-electron chi connectivity index (χ0n) is 23.4. The fourth-order valence-corrected chi connectivity index (χ4v) is 8.21. The van der Waals surface area contributed by atoms with Crippen LogP contribution in [0.25, 0.3) is 11.1 Å². The molecule has 2 atom stereocenters. The van der Waals surface area contributed by atoms with E-state index in [1.165, 1.54) is 23.2 Å². The van der Waals surface area contributed by atoms with Crippen molar-refractivity contribution in [2.75, 3.05) is 11.9 Å². The molecule has 2 nitrogen and oxygen atoms in total. The minimum Gasteiger partial charge on any atom is -0.363 e. The summed E-state index contributed by atoms with van der Waals surface area (Å²) in [6.07, 6.45) is 10.4. The number of para-hydroxylation sites is 1. The summed E-state index contributed by atoms with van der Waals surface area (Å²) in [6.45, 7) is 0. The van der Waals surface area contributed by atoms with Crippen molar-refractivity contribution >= 4 is 34.2 Å². The SMILES string of the molecule is CN1c2ccccc2C2(CCCCC2)[C@@]12C=C(c1ccccc1)C=C(c1ccc(Cl)cc1)[C@H]2C(=O)c1ccccc1. The lowest BCUT2D eigenvalue weighted by atomic mass is 9.51. The molecule has 0 N–H and O–H groups in total. The van der Waals surface area contributed by atoms with Gasteiger partial charge in [0.05, 0.1) is 11.5 Å². The number of hydrogen-bond donors (Lipinski definition) is 0. The van der Waals surface area contributed by atoms with Crippen molar-refractivity contribution in [2.45, 2.75) is 43.1 Å². The second-order valence-electron chi connectivity index (χ2n) is 11.8. The lowest BCUT2D eigenvalue weighted by Gasteiger charge is -2.56. The Kier molecular flexibility index (Phi) is 6.47. The third-order valence-electron chi connectivity index (χ3n) is 9.85. The Bertz CT molecular complexity index is 1650. The molecule has 204 valence electrons. The first-order valence-electron chi connectivity index (χ1n) is 14.7. The van der Waals surface area contributed by atoms with Crippen LogP contribution in [-0.4, -0.2) is 18.4 Å². The summed E-state index contributed by atoms with van der Waals surface area (Å²) in [5, 5.41) is 0.693. The molecule has 2 spiro atoms.